The number of rotatable bonds is 4. The minimum atomic E-state index is -0.588. The molecule has 110 valence electrons. The molecule has 21 heavy (non-hydrogen) atoms. The standard InChI is InChI=1S/C14H13ClN2O4/c1-20-12-3-2-10(15)7-11(12)17-8-9(6-13(17)18)14(19)21-5-4-16/h2-3,7,9H,5-6,8H2,1H3/t9-/m0/s1. The molecule has 0 aliphatic carbocycles. The van der Waals surface area contributed by atoms with E-state index in [9.17, 15) is 9.59 Å². The molecule has 2 rings (SSSR count). The molecule has 0 unspecified atom stereocenters. The molecule has 1 aliphatic rings. The zero-order valence-electron chi connectivity index (χ0n) is 11.3. The number of esters is 1. The van der Waals surface area contributed by atoms with E-state index in [4.69, 9.17) is 26.3 Å². The molecule has 0 bridgehead atoms. The molecule has 0 spiro atoms. The Hall–Kier alpha value is -2.26. The summed E-state index contributed by atoms with van der Waals surface area (Å²) in [7, 11) is 1.49. The van der Waals surface area contributed by atoms with E-state index in [2.05, 4.69) is 0 Å². The third kappa shape index (κ3) is 3.26. The van der Waals surface area contributed by atoms with Gasteiger partial charge in [0.15, 0.2) is 6.61 Å². The van der Waals surface area contributed by atoms with Crippen LogP contribution in [0, 0.1) is 17.2 Å². The molecular weight excluding hydrogens is 296 g/mol. The number of ether oxygens (including phenoxy) is 2. The number of halogens is 1. The predicted molar refractivity (Wildman–Crippen MR) is 75.0 cm³/mol. The van der Waals surface area contributed by atoms with Crippen LogP contribution in [0.5, 0.6) is 5.75 Å². The van der Waals surface area contributed by atoms with Gasteiger partial charge in [-0.1, -0.05) is 11.6 Å². The number of nitrogens with zero attached hydrogens (tertiary/aromatic N) is 2. The summed E-state index contributed by atoms with van der Waals surface area (Å²) in [5.41, 5.74) is 0.519. The Balaban J connectivity index is 2.19. The number of hydrogen-bond donors (Lipinski definition) is 0. The van der Waals surface area contributed by atoms with Gasteiger partial charge in [-0.2, -0.15) is 5.26 Å². The fourth-order valence-corrected chi connectivity index (χ4v) is 2.36. The molecule has 1 heterocycles. The number of carbonyl (C=O) groups excluding carboxylic acids is 2. The van der Waals surface area contributed by atoms with Crippen LogP contribution in [0.3, 0.4) is 0 Å². The first kappa shape index (κ1) is 15.1. The van der Waals surface area contributed by atoms with Crippen LogP contribution in [0.1, 0.15) is 6.42 Å². The number of anilines is 1. The summed E-state index contributed by atoms with van der Waals surface area (Å²) in [5.74, 6) is -0.851. The highest BCUT2D eigenvalue weighted by Crippen LogP contribution is 2.35. The van der Waals surface area contributed by atoms with E-state index in [1.54, 1.807) is 24.3 Å². The van der Waals surface area contributed by atoms with Crippen LogP contribution in [0.15, 0.2) is 18.2 Å². The fraction of sp³-hybridized carbons (Fsp3) is 0.357. The first-order valence-electron chi connectivity index (χ1n) is 6.24. The molecule has 0 saturated carbocycles. The second-order valence-corrected chi connectivity index (χ2v) is 4.92. The number of carbonyl (C=O) groups is 2. The van der Waals surface area contributed by atoms with Crippen molar-refractivity contribution in [3.63, 3.8) is 0 Å². The average Bonchev–Trinajstić information content (AvgIpc) is 2.86. The Morgan fingerprint density at radius 2 is 2.33 bits per heavy atom. The second-order valence-electron chi connectivity index (χ2n) is 4.49. The van der Waals surface area contributed by atoms with E-state index in [-0.39, 0.29) is 25.5 Å². The van der Waals surface area contributed by atoms with Crippen molar-refractivity contribution in [1.82, 2.24) is 0 Å². The second kappa shape index (κ2) is 6.46. The SMILES string of the molecule is COc1ccc(Cl)cc1N1C[C@@H](C(=O)OCC#N)CC1=O. The molecule has 1 aromatic carbocycles. The van der Waals surface area contributed by atoms with Crippen molar-refractivity contribution in [2.75, 3.05) is 25.2 Å². The van der Waals surface area contributed by atoms with Gasteiger partial charge in [0.2, 0.25) is 5.91 Å². The smallest absolute Gasteiger partial charge is 0.312 e. The molecule has 1 saturated heterocycles. The van der Waals surface area contributed by atoms with Crippen molar-refractivity contribution in [1.29, 1.82) is 5.26 Å². The number of methoxy groups -OCH3 is 1. The van der Waals surface area contributed by atoms with Gasteiger partial charge >= 0.3 is 5.97 Å². The van der Waals surface area contributed by atoms with E-state index in [0.717, 1.165) is 0 Å². The summed E-state index contributed by atoms with van der Waals surface area (Å²) in [5, 5.41) is 8.87. The molecule has 0 aromatic heterocycles. The zero-order valence-corrected chi connectivity index (χ0v) is 12.1. The Bertz CT molecular complexity index is 611. The lowest BCUT2D eigenvalue weighted by Crippen LogP contribution is -2.26. The summed E-state index contributed by atoms with van der Waals surface area (Å²) < 4.78 is 9.96. The van der Waals surface area contributed by atoms with Gasteiger partial charge in [0.25, 0.3) is 0 Å². The molecule has 7 heteroatoms. The van der Waals surface area contributed by atoms with Crippen LogP contribution >= 0.6 is 11.6 Å². The van der Waals surface area contributed by atoms with Gasteiger partial charge in [-0.3, -0.25) is 9.59 Å². The topological polar surface area (TPSA) is 79.6 Å². The molecule has 6 nitrogen and oxygen atoms in total. The van der Waals surface area contributed by atoms with Crippen LogP contribution in [0.2, 0.25) is 5.02 Å². The minimum Gasteiger partial charge on any atom is -0.495 e. The fourth-order valence-electron chi connectivity index (χ4n) is 2.19. The van der Waals surface area contributed by atoms with E-state index in [0.29, 0.717) is 16.5 Å². The lowest BCUT2D eigenvalue weighted by atomic mass is 10.1. The zero-order chi connectivity index (χ0) is 15.4. The van der Waals surface area contributed by atoms with Crippen molar-refractivity contribution in [3.8, 4) is 11.8 Å². The predicted octanol–water partition coefficient (Wildman–Crippen LogP) is 1.77. The highest BCUT2D eigenvalue weighted by Gasteiger charge is 2.37. The lowest BCUT2D eigenvalue weighted by molar-refractivity contribution is -0.146. The highest BCUT2D eigenvalue weighted by molar-refractivity contribution is 6.31. The van der Waals surface area contributed by atoms with E-state index in [1.807, 2.05) is 0 Å². The third-order valence-corrected chi connectivity index (χ3v) is 3.40. The maximum atomic E-state index is 12.1. The summed E-state index contributed by atoms with van der Waals surface area (Å²) in [6, 6.07) is 6.65. The largest absolute Gasteiger partial charge is 0.495 e. The number of benzene rings is 1. The normalized spacial score (nSPS) is 17.5. The first-order valence-corrected chi connectivity index (χ1v) is 6.62. The minimum absolute atomic E-state index is 0.0416. The summed E-state index contributed by atoms with van der Waals surface area (Å²) >= 11 is 5.95. The quantitative estimate of drug-likeness (QED) is 0.792. The Kier molecular flexibility index (Phi) is 4.66. The van der Waals surface area contributed by atoms with Crippen LogP contribution in [0.25, 0.3) is 0 Å². The van der Waals surface area contributed by atoms with Crippen molar-refractivity contribution >= 4 is 29.2 Å². The summed E-state index contributed by atoms with van der Waals surface area (Å²) in [4.78, 5) is 25.3. The Morgan fingerprint density at radius 1 is 1.57 bits per heavy atom. The van der Waals surface area contributed by atoms with Crippen molar-refractivity contribution in [3.05, 3.63) is 23.2 Å². The average molecular weight is 309 g/mol. The number of nitriles is 1. The maximum Gasteiger partial charge on any atom is 0.312 e. The van der Waals surface area contributed by atoms with E-state index in [1.165, 1.54) is 12.0 Å². The molecule has 0 N–H and O–H groups in total. The molecular formula is C14H13ClN2O4. The van der Waals surface area contributed by atoms with Crippen LogP contribution in [-0.2, 0) is 14.3 Å². The highest BCUT2D eigenvalue weighted by atomic mass is 35.5. The molecule has 1 amide bonds. The Morgan fingerprint density at radius 3 is 3.00 bits per heavy atom. The van der Waals surface area contributed by atoms with E-state index < -0.39 is 11.9 Å². The molecule has 1 aliphatic heterocycles. The third-order valence-electron chi connectivity index (χ3n) is 3.17. The van der Waals surface area contributed by atoms with Gasteiger partial charge in [0.05, 0.1) is 18.7 Å². The van der Waals surface area contributed by atoms with Gasteiger partial charge in [-0.05, 0) is 18.2 Å². The molecule has 1 fully saturated rings. The van der Waals surface area contributed by atoms with Crippen molar-refractivity contribution in [2.45, 2.75) is 6.42 Å². The van der Waals surface area contributed by atoms with Crippen LogP contribution < -0.4 is 9.64 Å². The van der Waals surface area contributed by atoms with Crippen LogP contribution in [0.4, 0.5) is 5.69 Å². The van der Waals surface area contributed by atoms with Gasteiger partial charge in [-0.15, -0.1) is 0 Å². The monoisotopic (exact) mass is 308 g/mol. The van der Waals surface area contributed by atoms with Crippen LogP contribution in [-0.4, -0.2) is 32.1 Å². The van der Waals surface area contributed by atoms with Gasteiger partial charge in [0, 0.05) is 18.0 Å². The maximum absolute atomic E-state index is 12.1. The first-order chi connectivity index (χ1) is 10.1. The van der Waals surface area contributed by atoms with Gasteiger partial charge in [-0.25, -0.2) is 0 Å². The lowest BCUT2D eigenvalue weighted by Gasteiger charge is -2.19. The Labute approximate surface area is 126 Å². The number of amides is 1. The summed E-state index contributed by atoms with van der Waals surface area (Å²) in [6.45, 7) is -0.135. The molecule has 1 aromatic rings. The van der Waals surface area contributed by atoms with Gasteiger partial charge in [0.1, 0.15) is 11.8 Å². The van der Waals surface area contributed by atoms with E-state index >= 15 is 0 Å². The van der Waals surface area contributed by atoms with Crippen molar-refractivity contribution in [2.24, 2.45) is 5.92 Å². The van der Waals surface area contributed by atoms with Crippen molar-refractivity contribution < 1.29 is 19.1 Å². The molecule has 1 atom stereocenters. The summed E-state index contributed by atoms with van der Waals surface area (Å²) in [6.07, 6.45) is 0.0416. The number of hydrogen-bond acceptors (Lipinski definition) is 5. The molecule has 0 radical (unpaired) electrons. The van der Waals surface area contributed by atoms with Gasteiger partial charge < -0.3 is 14.4 Å².